The quantitative estimate of drug-likeness (QED) is 0.740. The van der Waals surface area contributed by atoms with Gasteiger partial charge >= 0.3 is 6.18 Å². The van der Waals surface area contributed by atoms with Crippen LogP contribution in [-0.2, 0) is 11.0 Å². The van der Waals surface area contributed by atoms with Gasteiger partial charge in [0.1, 0.15) is 18.1 Å². The maximum absolute atomic E-state index is 13.0. The van der Waals surface area contributed by atoms with Gasteiger partial charge < -0.3 is 20.3 Å². The molecule has 1 amide bonds. The second kappa shape index (κ2) is 7.55. The molecule has 0 aliphatic rings. The van der Waals surface area contributed by atoms with Gasteiger partial charge in [-0.15, -0.1) is 0 Å². The number of phenolic OH excluding ortho intramolecular Hbond substituents is 1. The number of carbonyl (C=O) groups excluding carboxylic acids is 1. The number of aromatic hydroxyl groups is 1. The molecule has 0 heterocycles. The number of nitrogens with zero attached hydrogens (tertiary/aromatic N) is 1. The third kappa shape index (κ3) is 5.12. The molecule has 6 nitrogen and oxygen atoms in total. The fourth-order valence-electron chi connectivity index (χ4n) is 2.05. The van der Waals surface area contributed by atoms with Gasteiger partial charge in [-0.25, -0.2) is 0 Å². The number of amides is 1. The summed E-state index contributed by atoms with van der Waals surface area (Å²) in [4.78, 5) is 12.2. The molecule has 142 valence electrons. The van der Waals surface area contributed by atoms with Crippen molar-refractivity contribution in [1.29, 1.82) is 5.26 Å². The number of benzene rings is 2. The Labute approximate surface area is 152 Å². The molecular weight excluding hydrogens is 365 g/mol. The van der Waals surface area contributed by atoms with E-state index in [-0.39, 0.29) is 17.2 Å². The highest BCUT2D eigenvalue weighted by Gasteiger charge is 2.35. The molecule has 0 aromatic heterocycles. The summed E-state index contributed by atoms with van der Waals surface area (Å²) in [5.41, 5.74) is -4.05. The molecule has 0 radical (unpaired) electrons. The molecule has 1 atom stereocenters. The van der Waals surface area contributed by atoms with Crippen LogP contribution in [0.25, 0.3) is 0 Å². The van der Waals surface area contributed by atoms with Crippen LogP contribution in [0, 0.1) is 11.3 Å². The predicted octanol–water partition coefficient (Wildman–Crippen LogP) is 3.05. The van der Waals surface area contributed by atoms with E-state index < -0.39 is 35.4 Å². The van der Waals surface area contributed by atoms with Crippen LogP contribution in [0.1, 0.15) is 18.1 Å². The minimum absolute atomic E-state index is 0.00754. The fraction of sp³-hybridized carbons (Fsp3) is 0.222. The highest BCUT2D eigenvalue weighted by Crippen LogP contribution is 2.33. The first-order valence-electron chi connectivity index (χ1n) is 7.60. The average Bonchev–Trinajstić information content (AvgIpc) is 2.60. The molecule has 1 unspecified atom stereocenters. The first-order chi connectivity index (χ1) is 12.5. The summed E-state index contributed by atoms with van der Waals surface area (Å²) in [6, 6.07) is 9.64. The molecule has 0 spiro atoms. The molecule has 0 saturated heterocycles. The summed E-state index contributed by atoms with van der Waals surface area (Å²) in [6.45, 7) is 0.656. The molecule has 3 N–H and O–H groups in total. The van der Waals surface area contributed by atoms with Crippen LogP contribution >= 0.6 is 0 Å². The molecule has 0 aliphatic heterocycles. The second-order valence-corrected chi connectivity index (χ2v) is 5.88. The second-order valence-electron chi connectivity index (χ2n) is 5.88. The van der Waals surface area contributed by atoms with Crippen LogP contribution in [0.3, 0.4) is 0 Å². The first-order valence-corrected chi connectivity index (χ1v) is 7.60. The van der Waals surface area contributed by atoms with Gasteiger partial charge in [-0.2, -0.15) is 18.4 Å². The highest BCUT2D eigenvalue weighted by atomic mass is 19.4. The number of carbonyl (C=O) groups is 1. The van der Waals surface area contributed by atoms with E-state index in [0.29, 0.717) is 6.07 Å². The van der Waals surface area contributed by atoms with Gasteiger partial charge in [0.05, 0.1) is 17.2 Å². The molecule has 2 aromatic rings. The van der Waals surface area contributed by atoms with Crippen LogP contribution in [0.15, 0.2) is 42.5 Å². The lowest BCUT2D eigenvalue weighted by Crippen LogP contribution is -2.45. The van der Waals surface area contributed by atoms with Crippen molar-refractivity contribution in [3.8, 4) is 17.6 Å². The topological polar surface area (TPSA) is 103 Å². The number of ether oxygens (including phenoxy) is 1. The van der Waals surface area contributed by atoms with Crippen molar-refractivity contribution in [2.24, 2.45) is 0 Å². The number of hydrogen-bond acceptors (Lipinski definition) is 5. The van der Waals surface area contributed by atoms with Crippen molar-refractivity contribution in [3.63, 3.8) is 0 Å². The Morgan fingerprint density at radius 1 is 1.22 bits per heavy atom. The Hall–Kier alpha value is -3.25. The van der Waals surface area contributed by atoms with Crippen molar-refractivity contribution in [2.75, 3.05) is 11.9 Å². The van der Waals surface area contributed by atoms with Crippen molar-refractivity contribution >= 4 is 11.6 Å². The van der Waals surface area contributed by atoms with E-state index in [9.17, 15) is 28.2 Å². The summed E-state index contributed by atoms with van der Waals surface area (Å²) in [7, 11) is 0. The number of rotatable bonds is 5. The Kier molecular flexibility index (Phi) is 5.61. The van der Waals surface area contributed by atoms with Gasteiger partial charge in [0.15, 0.2) is 5.60 Å². The zero-order chi connectivity index (χ0) is 20.2. The van der Waals surface area contributed by atoms with E-state index in [1.54, 1.807) is 0 Å². The number of nitriles is 1. The van der Waals surface area contributed by atoms with E-state index in [4.69, 9.17) is 10.00 Å². The Balaban J connectivity index is 2.11. The maximum atomic E-state index is 13.0. The minimum Gasteiger partial charge on any atom is -0.508 e. The molecule has 2 rings (SSSR count). The Morgan fingerprint density at radius 2 is 1.85 bits per heavy atom. The number of phenols is 1. The molecule has 9 heteroatoms. The molecule has 0 bridgehead atoms. The number of nitrogens with one attached hydrogen (secondary N) is 1. The lowest BCUT2D eigenvalue weighted by molar-refractivity contribution is -0.138. The van der Waals surface area contributed by atoms with Gasteiger partial charge in [0, 0.05) is 5.69 Å². The third-order valence-corrected chi connectivity index (χ3v) is 3.55. The number of alkyl halides is 3. The zero-order valence-corrected chi connectivity index (χ0v) is 14.0. The standard InChI is InChI=1S/C18H15F3N2O4/c1-17(26,10-27-14-6-4-13(24)5-7-14)16(25)23-12-3-2-11(9-22)15(8-12)18(19,20)21/h2-8,24,26H,10H2,1H3,(H,23,25). The average molecular weight is 380 g/mol. The fourth-order valence-corrected chi connectivity index (χ4v) is 2.05. The van der Waals surface area contributed by atoms with E-state index in [2.05, 4.69) is 5.32 Å². The van der Waals surface area contributed by atoms with Crippen LogP contribution < -0.4 is 10.1 Å². The van der Waals surface area contributed by atoms with Crippen molar-refractivity contribution < 1.29 is 32.9 Å². The lowest BCUT2D eigenvalue weighted by Gasteiger charge is -2.23. The van der Waals surface area contributed by atoms with E-state index >= 15 is 0 Å². The SMILES string of the molecule is CC(O)(COc1ccc(O)cc1)C(=O)Nc1ccc(C#N)c(C(F)(F)F)c1. The molecule has 2 aromatic carbocycles. The Bertz CT molecular complexity index is 872. The molecule has 27 heavy (non-hydrogen) atoms. The lowest BCUT2D eigenvalue weighted by atomic mass is 10.1. The van der Waals surface area contributed by atoms with Crippen LogP contribution in [0.5, 0.6) is 11.5 Å². The van der Waals surface area contributed by atoms with E-state index in [1.807, 2.05) is 0 Å². The maximum Gasteiger partial charge on any atom is 0.417 e. The smallest absolute Gasteiger partial charge is 0.417 e. The van der Waals surface area contributed by atoms with Crippen molar-refractivity contribution in [3.05, 3.63) is 53.6 Å². The number of anilines is 1. The minimum atomic E-state index is -4.77. The molecular formula is C18H15F3N2O4. The monoisotopic (exact) mass is 380 g/mol. The van der Waals surface area contributed by atoms with Gasteiger partial charge in [0.25, 0.3) is 5.91 Å². The van der Waals surface area contributed by atoms with E-state index in [0.717, 1.165) is 19.1 Å². The number of hydrogen-bond donors (Lipinski definition) is 3. The van der Waals surface area contributed by atoms with Crippen molar-refractivity contribution in [1.82, 2.24) is 0 Å². The summed E-state index contributed by atoms with van der Waals surface area (Å²) in [5, 5.41) is 30.4. The van der Waals surface area contributed by atoms with Gasteiger partial charge in [-0.3, -0.25) is 4.79 Å². The third-order valence-electron chi connectivity index (χ3n) is 3.55. The molecule has 0 fully saturated rings. The Morgan fingerprint density at radius 3 is 2.41 bits per heavy atom. The van der Waals surface area contributed by atoms with Crippen molar-refractivity contribution in [2.45, 2.75) is 18.7 Å². The molecule has 0 saturated carbocycles. The highest BCUT2D eigenvalue weighted by molar-refractivity contribution is 5.97. The number of halogens is 3. The summed E-state index contributed by atoms with van der Waals surface area (Å²) < 4.78 is 44.2. The zero-order valence-electron chi connectivity index (χ0n) is 14.0. The van der Waals surface area contributed by atoms with Gasteiger partial charge in [0.2, 0.25) is 0 Å². The predicted molar refractivity (Wildman–Crippen MR) is 89.0 cm³/mol. The van der Waals surface area contributed by atoms with Crippen LogP contribution in [-0.4, -0.2) is 28.3 Å². The number of aliphatic hydroxyl groups is 1. The van der Waals surface area contributed by atoms with Gasteiger partial charge in [-0.05, 0) is 49.4 Å². The molecule has 0 aliphatic carbocycles. The normalized spacial score (nSPS) is 13.3. The van der Waals surface area contributed by atoms with Crippen LogP contribution in [0.4, 0.5) is 18.9 Å². The largest absolute Gasteiger partial charge is 0.508 e. The van der Waals surface area contributed by atoms with Crippen LogP contribution in [0.2, 0.25) is 0 Å². The summed E-state index contributed by atoms with van der Waals surface area (Å²) in [5.74, 6) is -0.703. The van der Waals surface area contributed by atoms with Gasteiger partial charge in [-0.1, -0.05) is 0 Å². The first kappa shape index (κ1) is 20.1. The summed E-state index contributed by atoms with van der Waals surface area (Å²) in [6.07, 6.45) is -4.77. The van der Waals surface area contributed by atoms with E-state index in [1.165, 1.54) is 30.3 Å². The summed E-state index contributed by atoms with van der Waals surface area (Å²) >= 11 is 0.